The highest BCUT2D eigenvalue weighted by Crippen LogP contribution is 2.36. The summed E-state index contributed by atoms with van der Waals surface area (Å²) >= 11 is 5.76. The van der Waals surface area contributed by atoms with E-state index < -0.39 is 23.6 Å². The fraction of sp³-hybridized carbons (Fsp3) is 0.222. The van der Waals surface area contributed by atoms with Gasteiger partial charge in [0.05, 0.1) is 11.3 Å². The van der Waals surface area contributed by atoms with Gasteiger partial charge in [-0.25, -0.2) is 0 Å². The number of anilines is 2. The number of carbonyl (C=O) groups excluding carboxylic acids is 2. The molecule has 0 aromatic heterocycles. The van der Waals surface area contributed by atoms with E-state index in [0.717, 1.165) is 17.9 Å². The molecule has 0 saturated heterocycles. The number of benzene rings is 2. The molecule has 0 aliphatic heterocycles. The van der Waals surface area contributed by atoms with Crippen molar-refractivity contribution in [1.82, 2.24) is 0 Å². The van der Waals surface area contributed by atoms with Crippen molar-refractivity contribution in [1.29, 1.82) is 0 Å². The quantitative estimate of drug-likeness (QED) is 0.809. The molecule has 1 N–H and O–H groups in total. The van der Waals surface area contributed by atoms with Crippen molar-refractivity contribution in [2.75, 3.05) is 16.8 Å². The lowest BCUT2D eigenvalue weighted by molar-refractivity contribution is -0.137. The lowest BCUT2D eigenvalue weighted by atomic mass is 10.1. The molecule has 2 aromatic rings. The van der Waals surface area contributed by atoms with E-state index in [2.05, 4.69) is 5.32 Å². The maximum Gasteiger partial charge on any atom is 0.418 e. The number of amides is 2. The minimum absolute atomic E-state index is 0.158. The molecule has 8 heteroatoms. The largest absolute Gasteiger partial charge is 0.418 e. The fourth-order valence-electron chi connectivity index (χ4n) is 2.37. The van der Waals surface area contributed by atoms with E-state index in [1.54, 1.807) is 24.3 Å². The summed E-state index contributed by atoms with van der Waals surface area (Å²) in [7, 11) is 0. The highest BCUT2D eigenvalue weighted by atomic mass is 35.5. The van der Waals surface area contributed by atoms with Gasteiger partial charge in [0.15, 0.2) is 0 Å². The first-order valence-electron chi connectivity index (χ1n) is 7.68. The number of alkyl halides is 3. The van der Waals surface area contributed by atoms with Crippen molar-refractivity contribution in [2.24, 2.45) is 0 Å². The van der Waals surface area contributed by atoms with Gasteiger partial charge < -0.3 is 10.2 Å². The summed E-state index contributed by atoms with van der Waals surface area (Å²) in [5.41, 5.74) is -0.690. The minimum atomic E-state index is -4.60. The standard InChI is InChI=1S/C18H16ClF3N2O2/c1-12(25)24(16-5-3-2-4-15(16)18(20,21)22)11-10-17(26)23-14-8-6-13(19)7-9-14/h2-9H,10-11H2,1H3,(H,23,26). The summed E-state index contributed by atoms with van der Waals surface area (Å²) in [6, 6.07) is 11.2. The van der Waals surface area contributed by atoms with Crippen LogP contribution in [-0.4, -0.2) is 18.4 Å². The number of nitrogens with one attached hydrogen (secondary N) is 1. The Kier molecular flexibility index (Phi) is 6.26. The smallest absolute Gasteiger partial charge is 0.326 e. The van der Waals surface area contributed by atoms with Crippen molar-refractivity contribution in [2.45, 2.75) is 19.5 Å². The molecule has 0 radical (unpaired) electrons. The summed E-state index contributed by atoms with van der Waals surface area (Å²) < 4.78 is 39.5. The molecular formula is C18H16ClF3N2O2. The van der Waals surface area contributed by atoms with Crippen LogP contribution in [0.4, 0.5) is 24.5 Å². The van der Waals surface area contributed by atoms with Gasteiger partial charge in [0.2, 0.25) is 11.8 Å². The van der Waals surface area contributed by atoms with E-state index in [4.69, 9.17) is 11.6 Å². The van der Waals surface area contributed by atoms with Crippen LogP contribution in [0.5, 0.6) is 0 Å². The molecule has 0 fully saturated rings. The molecule has 0 saturated carbocycles. The Hall–Kier alpha value is -2.54. The van der Waals surface area contributed by atoms with Crippen LogP contribution in [0.3, 0.4) is 0 Å². The van der Waals surface area contributed by atoms with Crippen LogP contribution in [0.25, 0.3) is 0 Å². The zero-order chi connectivity index (χ0) is 19.3. The van der Waals surface area contributed by atoms with Gasteiger partial charge in [0, 0.05) is 30.6 Å². The lowest BCUT2D eigenvalue weighted by Gasteiger charge is -2.24. The number of hydrogen-bond acceptors (Lipinski definition) is 2. The predicted octanol–water partition coefficient (Wildman–Crippen LogP) is 4.74. The Balaban J connectivity index is 2.11. The highest BCUT2D eigenvalue weighted by Gasteiger charge is 2.35. The molecule has 0 atom stereocenters. The third-order valence-electron chi connectivity index (χ3n) is 3.57. The predicted molar refractivity (Wildman–Crippen MR) is 94.2 cm³/mol. The van der Waals surface area contributed by atoms with Crippen LogP contribution < -0.4 is 10.2 Å². The third-order valence-corrected chi connectivity index (χ3v) is 3.82. The third kappa shape index (κ3) is 5.23. The van der Waals surface area contributed by atoms with Crippen LogP contribution in [0.2, 0.25) is 5.02 Å². The molecule has 0 heterocycles. The Morgan fingerprint density at radius 2 is 1.69 bits per heavy atom. The topological polar surface area (TPSA) is 49.4 Å². The Morgan fingerprint density at radius 3 is 2.27 bits per heavy atom. The molecule has 0 aliphatic carbocycles. The molecule has 2 rings (SSSR count). The van der Waals surface area contributed by atoms with E-state index in [1.165, 1.54) is 18.2 Å². The Bertz CT molecular complexity index is 792. The van der Waals surface area contributed by atoms with E-state index in [9.17, 15) is 22.8 Å². The van der Waals surface area contributed by atoms with Crippen LogP contribution >= 0.6 is 11.6 Å². The molecule has 2 amide bonds. The molecule has 0 unspecified atom stereocenters. The zero-order valence-corrected chi connectivity index (χ0v) is 14.6. The van der Waals surface area contributed by atoms with E-state index in [1.807, 2.05) is 0 Å². The lowest BCUT2D eigenvalue weighted by Crippen LogP contribution is -2.33. The molecular weight excluding hydrogens is 369 g/mol. The van der Waals surface area contributed by atoms with Crippen molar-refractivity contribution in [3.8, 4) is 0 Å². The number of nitrogens with zero attached hydrogens (tertiary/aromatic N) is 1. The van der Waals surface area contributed by atoms with E-state index in [-0.39, 0.29) is 18.7 Å². The molecule has 0 aliphatic rings. The summed E-state index contributed by atoms with van der Waals surface area (Å²) in [4.78, 5) is 24.8. The first-order chi connectivity index (χ1) is 12.2. The first-order valence-corrected chi connectivity index (χ1v) is 8.06. The van der Waals surface area contributed by atoms with Crippen LogP contribution in [0, 0.1) is 0 Å². The van der Waals surface area contributed by atoms with Crippen LogP contribution in [0.1, 0.15) is 18.9 Å². The molecule has 2 aromatic carbocycles. The van der Waals surface area contributed by atoms with Gasteiger partial charge in [-0.3, -0.25) is 9.59 Å². The highest BCUT2D eigenvalue weighted by molar-refractivity contribution is 6.30. The van der Waals surface area contributed by atoms with Gasteiger partial charge in [-0.1, -0.05) is 23.7 Å². The minimum Gasteiger partial charge on any atom is -0.326 e. The maximum absolute atomic E-state index is 13.2. The average Bonchev–Trinajstić information content (AvgIpc) is 2.56. The summed E-state index contributed by atoms with van der Waals surface area (Å²) in [6.45, 7) is 0.978. The summed E-state index contributed by atoms with van der Waals surface area (Å²) in [5.74, 6) is -1.01. The molecule has 0 bridgehead atoms. The van der Waals surface area contributed by atoms with E-state index in [0.29, 0.717) is 10.7 Å². The van der Waals surface area contributed by atoms with E-state index >= 15 is 0 Å². The van der Waals surface area contributed by atoms with Crippen molar-refractivity contribution in [3.63, 3.8) is 0 Å². The van der Waals surface area contributed by atoms with Gasteiger partial charge in [-0.2, -0.15) is 13.2 Å². The van der Waals surface area contributed by atoms with Crippen molar-refractivity contribution in [3.05, 3.63) is 59.1 Å². The molecule has 0 spiro atoms. The zero-order valence-electron chi connectivity index (χ0n) is 13.8. The number of rotatable bonds is 5. The number of para-hydroxylation sites is 1. The second kappa shape index (κ2) is 8.23. The number of halogens is 4. The molecule has 138 valence electrons. The monoisotopic (exact) mass is 384 g/mol. The molecule has 26 heavy (non-hydrogen) atoms. The Labute approximate surface area is 153 Å². The second-order valence-corrected chi connectivity index (χ2v) is 5.93. The SMILES string of the molecule is CC(=O)N(CCC(=O)Nc1ccc(Cl)cc1)c1ccccc1C(F)(F)F. The van der Waals surface area contributed by atoms with Gasteiger partial charge >= 0.3 is 6.18 Å². The number of carbonyl (C=O) groups is 2. The summed E-state index contributed by atoms with van der Waals surface area (Å²) in [6.07, 6.45) is -4.76. The maximum atomic E-state index is 13.2. The molecule has 4 nitrogen and oxygen atoms in total. The average molecular weight is 385 g/mol. The van der Waals surface area contributed by atoms with Gasteiger partial charge in [0.25, 0.3) is 0 Å². The van der Waals surface area contributed by atoms with Crippen molar-refractivity contribution >= 4 is 34.8 Å². The normalized spacial score (nSPS) is 11.1. The fourth-order valence-corrected chi connectivity index (χ4v) is 2.49. The number of hydrogen-bond donors (Lipinski definition) is 1. The van der Waals surface area contributed by atoms with Crippen LogP contribution in [-0.2, 0) is 15.8 Å². The van der Waals surface area contributed by atoms with Gasteiger partial charge in [-0.15, -0.1) is 0 Å². The van der Waals surface area contributed by atoms with Gasteiger partial charge in [-0.05, 0) is 36.4 Å². The van der Waals surface area contributed by atoms with Gasteiger partial charge in [0.1, 0.15) is 0 Å². The Morgan fingerprint density at radius 1 is 1.08 bits per heavy atom. The van der Waals surface area contributed by atoms with Crippen molar-refractivity contribution < 1.29 is 22.8 Å². The second-order valence-electron chi connectivity index (χ2n) is 5.49. The first kappa shape index (κ1) is 19.8. The van der Waals surface area contributed by atoms with Crippen LogP contribution in [0.15, 0.2) is 48.5 Å². The summed E-state index contributed by atoms with van der Waals surface area (Å²) in [5, 5.41) is 3.11.